The zero-order chi connectivity index (χ0) is 20.1. The third kappa shape index (κ3) is 3.01. The summed E-state index contributed by atoms with van der Waals surface area (Å²) in [6.45, 7) is 0.956. The van der Waals surface area contributed by atoms with Crippen molar-refractivity contribution >= 4 is 51.2 Å². The maximum Gasteiger partial charge on any atom is 0.177 e. The fraction of sp³-hybridized carbons (Fsp3) is 0.292. The average molecular weight is 422 g/mol. The Morgan fingerprint density at radius 1 is 1.03 bits per heavy atom. The van der Waals surface area contributed by atoms with Gasteiger partial charge in [0.2, 0.25) is 0 Å². The topological polar surface area (TPSA) is 54.7 Å². The number of nitrogens with zero attached hydrogens (tertiary/aromatic N) is 3. The summed E-state index contributed by atoms with van der Waals surface area (Å²) in [4.78, 5) is 33.2. The molecule has 1 atom stereocenters. The lowest BCUT2D eigenvalue weighted by atomic mass is 9.80. The molecule has 154 valence electrons. The molecule has 6 heteroatoms. The minimum Gasteiger partial charge on any atom is -0.309 e. The van der Waals surface area contributed by atoms with Gasteiger partial charge in [0, 0.05) is 11.6 Å². The SMILES string of the molecule is CN(C)CCCCC1C(=O)c2cncn3c2c(c2c4ccccc4ccc23)C1=O.Cl. The van der Waals surface area contributed by atoms with Gasteiger partial charge in [0.05, 0.1) is 34.4 Å². The lowest BCUT2D eigenvalue weighted by molar-refractivity contribution is 0.0792. The van der Waals surface area contributed by atoms with Gasteiger partial charge in [-0.05, 0) is 50.3 Å². The van der Waals surface area contributed by atoms with Crippen molar-refractivity contribution in [2.45, 2.75) is 19.3 Å². The van der Waals surface area contributed by atoms with E-state index in [2.05, 4.69) is 28.1 Å². The first-order valence-corrected chi connectivity index (χ1v) is 10.1. The Labute approximate surface area is 181 Å². The first-order chi connectivity index (χ1) is 14.1. The zero-order valence-corrected chi connectivity index (χ0v) is 17.9. The molecule has 5 nitrogen and oxygen atoms in total. The van der Waals surface area contributed by atoms with E-state index in [4.69, 9.17) is 0 Å². The van der Waals surface area contributed by atoms with Crippen molar-refractivity contribution in [1.82, 2.24) is 14.3 Å². The van der Waals surface area contributed by atoms with E-state index in [0.29, 0.717) is 23.1 Å². The van der Waals surface area contributed by atoms with E-state index < -0.39 is 5.92 Å². The standard InChI is InChI=1S/C24H23N3O2.ClH/c1-26(2)12-6-5-9-17-23(28)18-13-25-14-27-19-11-10-15-7-3-4-8-16(15)20(19)21(22(18)27)24(17)29;/h3-4,7-8,10-11,13-14,17H,5-6,9,12H2,1-2H3;1H. The van der Waals surface area contributed by atoms with Crippen molar-refractivity contribution in [3.05, 3.63) is 60.0 Å². The molecule has 1 unspecified atom stereocenters. The number of carbonyl (C=O) groups excluding carboxylic acids is 2. The van der Waals surface area contributed by atoms with Gasteiger partial charge < -0.3 is 4.90 Å². The first kappa shape index (κ1) is 20.5. The van der Waals surface area contributed by atoms with Crippen LogP contribution in [0.3, 0.4) is 0 Å². The summed E-state index contributed by atoms with van der Waals surface area (Å²) in [5.74, 6) is -0.734. The van der Waals surface area contributed by atoms with Crippen LogP contribution in [0.1, 0.15) is 40.0 Å². The number of rotatable bonds is 5. The molecule has 0 saturated heterocycles. The summed E-state index contributed by atoms with van der Waals surface area (Å²) in [6.07, 6.45) is 5.74. The van der Waals surface area contributed by atoms with Crippen LogP contribution >= 0.6 is 12.4 Å². The molecule has 0 aliphatic heterocycles. The lowest BCUT2D eigenvalue weighted by Crippen LogP contribution is -2.29. The van der Waals surface area contributed by atoms with Gasteiger partial charge in [0.25, 0.3) is 0 Å². The van der Waals surface area contributed by atoms with E-state index in [0.717, 1.165) is 41.1 Å². The van der Waals surface area contributed by atoms with Gasteiger partial charge in [-0.25, -0.2) is 4.98 Å². The maximum atomic E-state index is 13.6. The number of ketones is 2. The molecule has 4 aromatic rings. The van der Waals surface area contributed by atoms with Gasteiger partial charge in [0.1, 0.15) is 0 Å². The molecular weight excluding hydrogens is 398 g/mol. The fourth-order valence-electron chi connectivity index (χ4n) is 4.64. The normalized spacial score (nSPS) is 16.0. The van der Waals surface area contributed by atoms with Crippen molar-refractivity contribution in [2.75, 3.05) is 20.6 Å². The highest BCUT2D eigenvalue weighted by atomic mass is 35.5. The van der Waals surface area contributed by atoms with Gasteiger partial charge in [-0.2, -0.15) is 0 Å². The second-order valence-electron chi connectivity index (χ2n) is 8.16. The molecule has 0 amide bonds. The molecule has 0 saturated carbocycles. The monoisotopic (exact) mass is 421 g/mol. The van der Waals surface area contributed by atoms with Crippen LogP contribution in [0.25, 0.3) is 27.2 Å². The smallest absolute Gasteiger partial charge is 0.177 e. The van der Waals surface area contributed by atoms with Crippen LogP contribution in [0.5, 0.6) is 0 Å². The third-order valence-electron chi connectivity index (χ3n) is 6.03. The zero-order valence-electron chi connectivity index (χ0n) is 17.1. The van der Waals surface area contributed by atoms with Gasteiger partial charge in [0.15, 0.2) is 11.6 Å². The highest BCUT2D eigenvalue weighted by Crippen LogP contribution is 2.40. The molecule has 0 bridgehead atoms. The molecule has 2 heterocycles. The van der Waals surface area contributed by atoms with Crippen LogP contribution in [-0.4, -0.2) is 46.5 Å². The molecule has 0 N–H and O–H groups in total. The van der Waals surface area contributed by atoms with E-state index in [1.165, 1.54) is 0 Å². The summed E-state index contributed by atoms with van der Waals surface area (Å²) in [5.41, 5.74) is 2.90. The largest absolute Gasteiger partial charge is 0.309 e. The van der Waals surface area contributed by atoms with Crippen molar-refractivity contribution in [1.29, 1.82) is 0 Å². The summed E-state index contributed by atoms with van der Waals surface area (Å²) >= 11 is 0. The second-order valence-corrected chi connectivity index (χ2v) is 8.16. The summed E-state index contributed by atoms with van der Waals surface area (Å²) in [6, 6.07) is 12.2. The molecule has 0 radical (unpaired) electrons. The van der Waals surface area contributed by atoms with E-state index in [1.54, 1.807) is 12.5 Å². The molecule has 2 aromatic carbocycles. The molecule has 5 rings (SSSR count). The molecule has 1 aliphatic carbocycles. The fourth-order valence-corrected chi connectivity index (χ4v) is 4.64. The van der Waals surface area contributed by atoms with E-state index in [-0.39, 0.29) is 24.0 Å². The van der Waals surface area contributed by atoms with Crippen LogP contribution < -0.4 is 0 Å². The minimum atomic E-state index is -0.609. The Bertz CT molecular complexity index is 1290. The second kappa shape index (κ2) is 7.82. The highest BCUT2D eigenvalue weighted by Gasteiger charge is 2.38. The van der Waals surface area contributed by atoms with Crippen LogP contribution in [0.15, 0.2) is 48.9 Å². The Kier molecular flexibility index (Phi) is 5.35. The number of unbranched alkanes of at least 4 members (excludes halogenated alkanes) is 1. The van der Waals surface area contributed by atoms with Crippen LogP contribution in [0, 0.1) is 5.92 Å². The van der Waals surface area contributed by atoms with Crippen LogP contribution in [0.2, 0.25) is 0 Å². The van der Waals surface area contributed by atoms with Crippen molar-refractivity contribution in [2.24, 2.45) is 5.92 Å². The minimum absolute atomic E-state index is 0. The molecule has 2 aromatic heterocycles. The molecule has 0 spiro atoms. The highest BCUT2D eigenvalue weighted by molar-refractivity contribution is 6.33. The van der Waals surface area contributed by atoms with E-state index in [9.17, 15) is 9.59 Å². The Morgan fingerprint density at radius 3 is 2.63 bits per heavy atom. The number of benzene rings is 2. The van der Waals surface area contributed by atoms with Crippen molar-refractivity contribution in [3.63, 3.8) is 0 Å². The predicted molar refractivity (Wildman–Crippen MR) is 122 cm³/mol. The van der Waals surface area contributed by atoms with Crippen molar-refractivity contribution < 1.29 is 9.59 Å². The van der Waals surface area contributed by atoms with Gasteiger partial charge in [-0.15, -0.1) is 12.4 Å². The number of carbonyl (C=O) groups is 2. The number of halogens is 1. The molecule has 0 fully saturated rings. The third-order valence-corrected chi connectivity index (χ3v) is 6.03. The number of hydrogen-bond donors (Lipinski definition) is 0. The quantitative estimate of drug-likeness (QED) is 0.343. The average Bonchev–Trinajstić information content (AvgIpc) is 3.07. The number of hydrogen-bond acceptors (Lipinski definition) is 4. The number of Topliss-reactive ketones (excluding diaryl/α,β-unsaturated/α-hetero) is 2. The Balaban J connectivity index is 0.00000218. The predicted octanol–water partition coefficient (Wildman–Crippen LogP) is 4.79. The maximum absolute atomic E-state index is 13.6. The van der Waals surface area contributed by atoms with E-state index in [1.807, 2.05) is 36.7 Å². The number of aromatic nitrogens is 2. The summed E-state index contributed by atoms with van der Waals surface area (Å²) in [5, 5.41) is 3.07. The molecule has 1 aliphatic rings. The molecule has 30 heavy (non-hydrogen) atoms. The lowest BCUT2D eigenvalue weighted by Gasteiger charge is -2.21. The van der Waals surface area contributed by atoms with Gasteiger partial charge >= 0.3 is 0 Å². The number of fused-ring (bicyclic) bond motifs is 5. The Morgan fingerprint density at radius 2 is 1.83 bits per heavy atom. The van der Waals surface area contributed by atoms with Gasteiger partial charge in [-0.3, -0.25) is 14.0 Å². The molecular formula is C24H24ClN3O2. The first-order valence-electron chi connectivity index (χ1n) is 10.1. The summed E-state index contributed by atoms with van der Waals surface area (Å²) in [7, 11) is 4.07. The van der Waals surface area contributed by atoms with Gasteiger partial charge in [-0.1, -0.05) is 36.8 Å². The summed E-state index contributed by atoms with van der Waals surface area (Å²) < 4.78 is 1.91. The Hall–Kier alpha value is -2.76. The van der Waals surface area contributed by atoms with Crippen LogP contribution in [-0.2, 0) is 0 Å². The van der Waals surface area contributed by atoms with E-state index >= 15 is 0 Å². The van der Waals surface area contributed by atoms with Crippen LogP contribution in [0.4, 0.5) is 0 Å². The van der Waals surface area contributed by atoms with Crippen molar-refractivity contribution in [3.8, 4) is 0 Å².